The molecule has 2 N–H and O–H groups in total. The second-order valence-corrected chi connectivity index (χ2v) is 6.85. The van der Waals surface area contributed by atoms with E-state index in [4.69, 9.17) is 10.5 Å². The van der Waals surface area contributed by atoms with Gasteiger partial charge in [-0.25, -0.2) is 8.42 Å². The normalized spacial score (nSPS) is 19.6. The van der Waals surface area contributed by atoms with Crippen molar-refractivity contribution in [2.75, 3.05) is 37.4 Å². The topological polar surface area (TPSA) is 72.6 Å². The van der Waals surface area contributed by atoms with Crippen LogP contribution < -0.4 is 10.5 Å². The molecular weight excluding hydrogens is 252 g/mol. The van der Waals surface area contributed by atoms with E-state index in [9.17, 15) is 8.42 Å². The molecule has 5 nitrogen and oxygen atoms in total. The number of methoxy groups -OCH3 is 1. The minimum Gasteiger partial charge on any atom is -0.497 e. The first-order chi connectivity index (χ1) is 8.48. The summed E-state index contributed by atoms with van der Waals surface area (Å²) < 4.78 is 27.8. The van der Waals surface area contributed by atoms with E-state index in [2.05, 4.69) is 4.90 Å². The summed E-state index contributed by atoms with van der Waals surface area (Å²) in [5.74, 6) is 1.22. The smallest absolute Gasteiger partial charge is 0.152 e. The summed E-state index contributed by atoms with van der Waals surface area (Å²) in [4.78, 5) is 2.12. The van der Waals surface area contributed by atoms with Crippen molar-refractivity contribution in [1.29, 1.82) is 0 Å². The third kappa shape index (κ3) is 3.36. The average molecular weight is 270 g/mol. The van der Waals surface area contributed by atoms with E-state index in [0.717, 1.165) is 11.3 Å². The predicted molar refractivity (Wildman–Crippen MR) is 71.3 cm³/mol. The van der Waals surface area contributed by atoms with Crippen LogP contribution in [0.3, 0.4) is 0 Å². The summed E-state index contributed by atoms with van der Waals surface area (Å²) in [6.45, 7) is 1.87. The van der Waals surface area contributed by atoms with Gasteiger partial charge in [0.15, 0.2) is 9.84 Å². The van der Waals surface area contributed by atoms with E-state index >= 15 is 0 Å². The number of anilines is 1. The van der Waals surface area contributed by atoms with Crippen molar-refractivity contribution in [3.05, 3.63) is 23.8 Å². The molecule has 1 fully saturated rings. The number of hydrogen-bond donors (Lipinski definition) is 1. The monoisotopic (exact) mass is 270 g/mol. The molecule has 0 spiro atoms. The van der Waals surface area contributed by atoms with Crippen LogP contribution in [0.25, 0.3) is 0 Å². The highest BCUT2D eigenvalue weighted by Gasteiger charge is 2.21. The summed E-state index contributed by atoms with van der Waals surface area (Å²) in [5, 5.41) is 0. The van der Waals surface area contributed by atoms with E-state index in [0.29, 0.717) is 25.3 Å². The van der Waals surface area contributed by atoms with Gasteiger partial charge in [-0.3, -0.25) is 4.90 Å². The molecule has 1 aliphatic heterocycles. The van der Waals surface area contributed by atoms with E-state index in [1.54, 1.807) is 13.2 Å². The number of nitrogens with zero attached hydrogens (tertiary/aromatic N) is 1. The van der Waals surface area contributed by atoms with E-state index in [1.165, 1.54) is 0 Å². The fourth-order valence-corrected chi connectivity index (χ4v) is 3.34. The van der Waals surface area contributed by atoms with Crippen molar-refractivity contribution in [3.8, 4) is 5.75 Å². The third-order valence-corrected chi connectivity index (χ3v) is 4.68. The van der Waals surface area contributed by atoms with Gasteiger partial charge in [-0.15, -0.1) is 0 Å². The summed E-state index contributed by atoms with van der Waals surface area (Å²) in [6.07, 6.45) is 0. The first-order valence-corrected chi connectivity index (χ1v) is 7.67. The number of benzene rings is 1. The number of rotatable bonds is 3. The number of nitrogens with two attached hydrogens (primary N) is 1. The predicted octanol–water partition coefficient (Wildman–Crippen LogP) is 0.508. The van der Waals surface area contributed by atoms with Gasteiger partial charge >= 0.3 is 0 Å². The SMILES string of the molecule is COc1cc(N)cc(CN2CCS(=O)(=O)CC2)c1. The number of nitrogen functional groups attached to an aromatic ring is 1. The average Bonchev–Trinajstić information content (AvgIpc) is 2.31. The first kappa shape index (κ1) is 13.2. The number of hydrogen-bond acceptors (Lipinski definition) is 5. The molecule has 6 heteroatoms. The zero-order valence-electron chi connectivity index (χ0n) is 10.4. The summed E-state index contributed by atoms with van der Waals surface area (Å²) in [5.41, 5.74) is 7.50. The van der Waals surface area contributed by atoms with Gasteiger partial charge in [0.25, 0.3) is 0 Å². The minimum absolute atomic E-state index is 0.243. The van der Waals surface area contributed by atoms with Crippen LogP contribution in [0.2, 0.25) is 0 Å². The van der Waals surface area contributed by atoms with Gasteiger partial charge in [0.2, 0.25) is 0 Å². The van der Waals surface area contributed by atoms with Gasteiger partial charge in [-0.2, -0.15) is 0 Å². The Morgan fingerprint density at radius 1 is 1.28 bits per heavy atom. The highest BCUT2D eigenvalue weighted by Crippen LogP contribution is 2.20. The molecule has 0 bridgehead atoms. The van der Waals surface area contributed by atoms with Crippen molar-refractivity contribution in [2.45, 2.75) is 6.54 Å². The third-order valence-electron chi connectivity index (χ3n) is 3.07. The molecule has 2 rings (SSSR count). The lowest BCUT2D eigenvalue weighted by Crippen LogP contribution is -2.39. The van der Waals surface area contributed by atoms with Crippen LogP contribution in [0, 0.1) is 0 Å². The fourth-order valence-electron chi connectivity index (χ4n) is 2.06. The van der Waals surface area contributed by atoms with Gasteiger partial charge in [-0.1, -0.05) is 0 Å². The molecule has 0 unspecified atom stereocenters. The summed E-state index contributed by atoms with van der Waals surface area (Å²) in [7, 11) is -1.22. The highest BCUT2D eigenvalue weighted by atomic mass is 32.2. The fraction of sp³-hybridized carbons (Fsp3) is 0.500. The van der Waals surface area contributed by atoms with Gasteiger partial charge in [0.05, 0.1) is 18.6 Å². The van der Waals surface area contributed by atoms with Gasteiger partial charge in [0, 0.05) is 31.4 Å². The molecule has 0 aliphatic carbocycles. The molecule has 1 aliphatic rings. The second kappa shape index (κ2) is 5.16. The molecule has 1 aromatic carbocycles. The van der Waals surface area contributed by atoms with Crippen LogP contribution in [-0.2, 0) is 16.4 Å². The van der Waals surface area contributed by atoms with Crippen molar-refractivity contribution >= 4 is 15.5 Å². The van der Waals surface area contributed by atoms with E-state index in [-0.39, 0.29) is 11.5 Å². The molecule has 0 radical (unpaired) electrons. The van der Waals surface area contributed by atoms with Crippen LogP contribution in [0.4, 0.5) is 5.69 Å². The first-order valence-electron chi connectivity index (χ1n) is 5.85. The van der Waals surface area contributed by atoms with Crippen LogP contribution in [0.5, 0.6) is 5.75 Å². The van der Waals surface area contributed by atoms with E-state index < -0.39 is 9.84 Å². The van der Waals surface area contributed by atoms with Crippen LogP contribution in [-0.4, -0.2) is 45.0 Å². The Balaban J connectivity index is 2.04. The Bertz CT molecular complexity index is 514. The maximum absolute atomic E-state index is 11.3. The van der Waals surface area contributed by atoms with Crippen molar-refractivity contribution in [1.82, 2.24) is 4.90 Å². The maximum Gasteiger partial charge on any atom is 0.152 e. The quantitative estimate of drug-likeness (QED) is 0.810. The molecule has 100 valence electrons. The Morgan fingerprint density at radius 2 is 1.94 bits per heavy atom. The zero-order chi connectivity index (χ0) is 13.2. The standard InChI is InChI=1S/C12H18N2O3S/c1-17-12-7-10(6-11(13)8-12)9-14-2-4-18(15,16)5-3-14/h6-8H,2-5,9,13H2,1H3. The van der Waals surface area contributed by atoms with Crippen LogP contribution in [0.15, 0.2) is 18.2 Å². The second-order valence-electron chi connectivity index (χ2n) is 4.54. The number of sulfone groups is 1. The minimum atomic E-state index is -2.82. The van der Waals surface area contributed by atoms with Crippen molar-refractivity contribution < 1.29 is 13.2 Å². The number of ether oxygens (including phenoxy) is 1. The lowest BCUT2D eigenvalue weighted by atomic mass is 10.1. The lowest BCUT2D eigenvalue weighted by Gasteiger charge is -2.26. The molecule has 1 aromatic rings. The van der Waals surface area contributed by atoms with E-state index in [1.807, 2.05) is 12.1 Å². The van der Waals surface area contributed by atoms with Crippen molar-refractivity contribution in [2.24, 2.45) is 0 Å². The highest BCUT2D eigenvalue weighted by molar-refractivity contribution is 7.91. The van der Waals surface area contributed by atoms with Crippen LogP contribution >= 0.6 is 0 Å². The molecule has 0 aromatic heterocycles. The molecule has 1 heterocycles. The van der Waals surface area contributed by atoms with Crippen molar-refractivity contribution in [3.63, 3.8) is 0 Å². The molecule has 1 saturated heterocycles. The molecule has 0 amide bonds. The Kier molecular flexibility index (Phi) is 3.77. The lowest BCUT2D eigenvalue weighted by molar-refractivity contribution is 0.287. The van der Waals surface area contributed by atoms with Crippen LogP contribution in [0.1, 0.15) is 5.56 Å². The molecule has 18 heavy (non-hydrogen) atoms. The molecule has 0 saturated carbocycles. The molecular formula is C12H18N2O3S. The summed E-state index contributed by atoms with van der Waals surface area (Å²) >= 11 is 0. The Hall–Kier alpha value is -1.27. The maximum atomic E-state index is 11.3. The Labute approximate surface area is 107 Å². The summed E-state index contributed by atoms with van der Waals surface area (Å²) in [6, 6.07) is 5.59. The molecule has 0 atom stereocenters. The largest absolute Gasteiger partial charge is 0.497 e. The van der Waals surface area contributed by atoms with Gasteiger partial charge in [-0.05, 0) is 17.7 Å². The van der Waals surface area contributed by atoms with Gasteiger partial charge in [0.1, 0.15) is 5.75 Å². The zero-order valence-corrected chi connectivity index (χ0v) is 11.2. The Morgan fingerprint density at radius 3 is 2.56 bits per heavy atom. The van der Waals surface area contributed by atoms with Gasteiger partial charge < -0.3 is 10.5 Å².